The van der Waals surface area contributed by atoms with Gasteiger partial charge in [0.1, 0.15) is 11.8 Å². The number of hydrazine groups is 2. The lowest BCUT2D eigenvalue weighted by Crippen LogP contribution is -2.38. The second-order valence-corrected chi connectivity index (χ2v) is 10.1. The van der Waals surface area contributed by atoms with Gasteiger partial charge in [0.15, 0.2) is 0 Å². The SMILES string of the molecule is [2H][C@](Nc1cc(Cl)c2ncc(C#N)c(Nc3ccc(OC)c(Cl)c3)c2c1)(C1=CN(C2CC2)NN1)c1ccc(F)nc1. The molecule has 0 saturated heterocycles. The number of aromatic nitrogens is 2. The van der Waals surface area contributed by atoms with Crippen LogP contribution in [0.2, 0.25) is 10.0 Å². The van der Waals surface area contributed by atoms with Crippen molar-refractivity contribution >= 4 is 51.2 Å². The van der Waals surface area contributed by atoms with E-state index >= 15 is 0 Å². The molecular formula is C28H23Cl2FN8O. The van der Waals surface area contributed by atoms with Gasteiger partial charge in [0.25, 0.3) is 0 Å². The minimum absolute atomic E-state index is 0.280. The maximum atomic E-state index is 13.7. The molecule has 6 rings (SSSR count). The number of benzene rings is 2. The Morgan fingerprint density at radius 3 is 2.67 bits per heavy atom. The maximum absolute atomic E-state index is 13.7. The summed E-state index contributed by atoms with van der Waals surface area (Å²) in [6, 6.07) is 12.2. The van der Waals surface area contributed by atoms with Crippen LogP contribution in [0.3, 0.4) is 0 Å². The van der Waals surface area contributed by atoms with Crippen molar-refractivity contribution in [1.29, 1.82) is 5.26 Å². The molecular weight excluding hydrogens is 554 g/mol. The number of nitriles is 1. The van der Waals surface area contributed by atoms with E-state index in [-0.39, 0.29) is 5.56 Å². The third-order valence-electron chi connectivity index (χ3n) is 6.55. The van der Waals surface area contributed by atoms with E-state index in [1.54, 1.807) is 30.3 Å². The fraction of sp³-hybridized carbons (Fsp3) is 0.179. The van der Waals surface area contributed by atoms with E-state index in [9.17, 15) is 11.0 Å². The highest BCUT2D eigenvalue weighted by Gasteiger charge is 2.32. The number of fused-ring (bicyclic) bond motifs is 1. The Bertz CT molecular complexity index is 1730. The van der Waals surface area contributed by atoms with Crippen LogP contribution in [0.1, 0.15) is 31.4 Å². The molecule has 2 aromatic carbocycles. The maximum Gasteiger partial charge on any atom is 0.212 e. The molecule has 1 aliphatic carbocycles. The average molecular weight is 578 g/mol. The van der Waals surface area contributed by atoms with E-state index in [1.807, 2.05) is 11.2 Å². The first-order valence-corrected chi connectivity index (χ1v) is 13.1. The molecule has 3 heterocycles. The summed E-state index contributed by atoms with van der Waals surface area (Å²) in [5, 5.41) is 19.5. The first kappa shape index (κ1) is 24.7. The predicted molar refractivity (Wildman–Crippen MR) is 153 cm³/mol. The van der Waals surface area contributed by atoms with Crippen LogP contribution in [0.25, 0.3) is 10.9 Å². The molecule has 1 fully saturated rings. The number of rotatable bonds is 8. The van der Waals surface area contributed by atoms with Gasteiger partial charge in [0.2, 0.25) is 5.95 Å². The van der Waals surface area contributed by atoms with Gasteiger partial charge in [-0.1, -0.05) is 29.3 Å². The predicted octanol–water partition coefficient (Wildman–Crippen LogP) is 6.18. The highest BCUT2D eigenvalue weighted by Crippen LogP contribution is 2.38. The molecule has 12 heteroatoms. The number of halogens is 3. The Balaban J connectivity index is 1.44. The van der Waals surface area contributed by atoms with Crippen LogP contribution in [0.5, 0.6) is 5.75 Å². The van der Waals surface area contributed by atoms with Crippen molar-refractivity contribution in [3.8, 4) is 11.8 Å². The summed E-state index contributed by atoms with van der Waals surface area (Å²) in [6.07, 6.45) is 6.66. The highest BCUT2D eigenvalue weighted by atomic mass is 35.5. The van der Waals surface area contributed by atoms with Crippen LogP contribution in [-0.2, 0) is 0 Å². The Labute approximate surface area is 240 Å². The monoisotopic (exact) mass is 577 g/mol. The molecule has 1 aliphatic heterocycles. The summed E-state index contributed by atoms with van der Waals surface area (Å²) in [5.41, 5.74) is 9.30. The Kier molecular flexibility index (Phi) is 6.61. The van der Waals surface area contributed by atoms with Crippen molar-refractivity contribution in [2.45, 2.75) is 24.9 Å². The summed E-state index contributed by atoms with van der Waals surface area (Å²) < 4.78 is 28.5. The molecule has 1 atom stereocenters. The zero-order chi connectivity index (χ0) is 28.7. The normalized spacial score (nSPS) is 16.4. The molecule has 0 spiro atoms. The summed E-state index contributed by atoms with van der Waals surface area (Å²) >= 11 is 13.0. The molecule has 9 nitrogen and oxygen atoms in total. The van der Waals surface area contributed by atoms with Gasteiger partial charge in [0.05, 0.1) is 47.0 Å². The van der Waals surface area contributed by atoms with E-state index in [2.05, 4.69) is 37.6 Å². The third kappa shape index (κ3) is 5.14. The van der Waals surface area contributed by atoms with Crippen LogP contribution in [0.4, 0.5) is 21.5 Å². The molecule has 0 amide bonds. The lowest BCUT2D eigenvalue weighted by Gasteiger charge is -2.22. The van der Waals surface area contributed by atoms with Crippen molar-refractivity contribution in [2.24, 2.45) is 0 Å². The van der Waals surface area contributed by atoms with Gasteiger partial charge >= 0.3 is 0 Å². The summed E-state index contributed by atoms with van der Waals surface area (Å²) in [7, 11) is 1.53. The lowest BCUT2D eigenvalue weighted by molar-refractivity contribution is 0.260. The van der Waals surface area contributed by atoms with Crippen LogP contribution in [-0.4, -0.2) is 28.1 Å². The third-order valence-corrected chi connectivity index (χ3v) is 7.13. The van der Waals surface area contributed by atoms with E-state index < -0.39 is 12.0 Å². The topological polar surface area (TPSA) is 110 Å². The second-order valence-electron chi connectivity index (χ2n) is 9.27. The van der Waals surface area contributed by atoms with Gasteiger partial charge in [-0.25, -0.2) is 4.98 Å². The molecule has 4 aromatic rings. The van der Waals surface area contributed by atoms with Crippen LogP contribution in [0.15, 0.2) is 66.8 Å². The number of pyridine rings is 2. The number of nitrogens with one attached hydrogen (secondary N) is 4. The summed E-state index contributed by atoms with van der Waals surface area (Å²) in [6.45, 7) is 0. The summed E-state index contributed by atoms with van der Waals surface area (Å²) in [4.78, 5) is 8.19. The molecule has 0 radical (unpaired) electrons. The largest absolute Gasteiger partial charge is 0.495 e. The second kappa shape index (κ2) is 10.7. The molecule has 2 aliphatic rings. The van der Waals surface area contributed by atoms with Gasteiger partial charge < -0.3 is 20.8 Å². The molecule has 0 bridgehead atoms. The first-order chi connectivity index (χ1) is 19.8. The number of nitrogens with zero attached hydrogens (tertiary/aromatic N) is 4. The number of anilines is 3. The average Bonchev–Trinajstić information content (AvgIpc) is 3.69. The molecule has 1 saturated carbocycles. The fourth-order valence-electron chi connectivity index (χ4n) is 4.41. The van der Waals surface area contributed by atoms with Crippen molar-refractivity contribution in [3.05, 3.63) is 93.9 Å². The van der Waals surface area contributed by atoms with Crippen molar-refractivity contribution in [2.75, 3.05) is 17.7 Å². The number of hydrogen-bond acceptors (Lipinski definition) is 9. The van der Waals surface area contributed by atoms with Gasteiger partial charge in [-0.2, -0.15) is 9.65 Å². The van der Waals surface area contributed by atoms with Gasteiger partial charge in [0, 0.05) is 41.4 Å². The fourth-order valence-corrected chi connectivity index (χ4v) is 4.93. The van der Waals surface area contributed by atoms with E-state index in [4.69, 9.17) is 27.9 Å². The van der Waals surface area contributed by atoms with Crippen LogP contribution < -0.4 is 26.3 Å². The van der Waals surface area contributed by atoms with Gasteiger partial charge in [-0.15, -0.1) is 5.53 Å². The van der Waals surface area contributed by atoms with Crippen LogP contribution in [0, 0.1) is 17.3 Å². The Morgan fingerprint density at radius 2 is 1.98 bits per heavy atom. The summed E-state index contributed by atoms with van der Waals surface area (Å²) in [5.74, 6) is -0.140. The quantitative estimate of drug-likeness (QED) is 0.182. The molecule has 2 aromatic heterocycles. The standard InChI is InChI=1S/C28H23Cl2FN8O/c1-40-24-6-3-17(9-21(24)29)35-26-16(11-32)13-34-28-20(26)8-18(10-22(28)30)36-27(15-2-7-25(31)33-12-15)23-14-39(38-37-23)19-4-5-19/h2-3,6-10,12-14,19,27,36-38H,4-5H2,1H3,(H,34,35)/t27-/m1/s1/i27D. The first-order valence-electron chi connectivity index (χ1n) is 12.8. The molecule has 202 valence electrons. The Morgan fingerprint density at radius 1 is 1.15 bits per heavy atom. The van der Waals surface area contributed by atoms with Gasteiger partial charge in [-0.05, 0) is 54.8 Å². The number of methoxy groups -OCH3 is 1. The zero-order valence-corrected chi connectivity index (χ0v) is 22.6. The number of ether oxygens (including phenoxy) is 1. The van der Waals surface area contributed by atoms with E-state index in [1.165, 1.54) is 31.6 Å². The Hall–Kier alpha value is -4.30. The smallest absolute Gasteiger partial charge is 0.212 e. The number of hydrogen-bond donors (Lipinski definition) is 4. The van der Waals surface area contributed by atoms with Crippen molar-refractivity contribution in [3.63, 3.8) is 0 Å². The lowest BCUT2D eigenvalue weighted by atomic mass is 10.0. The van der Waals surface area contributed by atoms with E-state index in [0.717, 1.165) is 12.8 Å². The van der Waals surface area contributed by atoms with Gasteiger partial charge in [-0.3, -0.25) is 9.99 Å². The minimum Gasteiger partial charge on any atom is -0.495 e. The van der Waals surface area contributed by atoms with E-state index in [0.29, 0.717) is 61.1 Å². The molecule has 4 N–H and O–H groups in total. The van der Waals surface area contributed by atoms with Crippen molar-refractivity contribution < 1.29 is 10.5 Å². The zero-order valence-electron chi connectivity index (χ0n) is 22.1. The minimum atomic E-state index is -1.62. The molecule has 0 unspecified atom stereocenters. The highest BCUT2D eigenvalue weighted by molar-refractivity contribution is 6.36. The van der Waals surface area contributed by atoms with Crippen molar-refractivity contribution in [1.82, 2.24) is 25.9 Å². The molecule has 40 heavy (non-hydrogen) atoms. The van der Waals surface area contributed by atoms with Crippen LogP contribution >= 0.6 is 23.2 Å².